The first-order chi connectivity index (χ1) is 16.7. The second-order valence-corrected chi connectivity index (χ2v) is 9.86. The smallest absolute Gasteiger partial charge is 0.263 e. The van der Waals surface area contributed by atoms with Crippen LogP contribution in [0.5, 0.6) is 0 Å². The molecule has 1 saturated carbocycles. The molecule has 10 heteroatoms. The highest BCUT2D eigenvalue weighted by Gasteiger charge is 2.26. The molecule has 10 nitrogen and oxygen atoms in total. The van der Waals surface area contributed by atoms with Crippen LogP contribution in [0.4, 0.5) is 17.5 Å². The Morgan fingerprint density at radius 3 is 2.49 bits per heavy atom. The third-order valence-electron chi connectivity index (χ3n) is 7.29. The van der Waals surface area contributed by atoms with Gasteiger partial charge in [-0.15, -0.1) is 0 Å². The molecule has 0 radical (unpaired) electrons. The molecular formula is C25H31N7O3. The molecule has 4 heterocycles. The zero-order valence-electron chi connectivity index (χ0n) is 20.5. The molecule has 1 N–H and O–H groups in total. The van der Waals surface area contributed by atoms with Gasteiger partial charge in [-0.3, -0.25) is 14.2 Å². The van der Waals surface area contributed by atoms with Crippen LogP contribution in [-0.2, 0) is 0 Å². The van der Waals surface area contributed by atoms with Crippen molar-refractivity contribution >= 4 is 34.3 Å². The van der Waals surface area contributed by atoms with Crippen LogP contribution in [0, 0.1) is 12.1 Å². The molecule has 1 aliphatic heterocycles. The summed E-state index contributed by atoms with van der Waals surface area (Å²) in [6, 6.07) is 3.86. The molecule has 184 valence electrons. The number of piperazine rings is 1. The lowest BCUT2D eigenvalue weighted by atomic mass is 10.0. The number of aromatic nitrogens is 4. The number of fused-ring (bicyclic) bond motifs is 1. The van der Waals surface area contributed by atoms with Crippen LogP contribution < -0.4 is 15.8 Å². The van der Waals surface area contributed by atoms with Gasteiger partial charge in [-0.05, 0) is 44.4 Å². The van der Waals surface area contributed by atoms with Crippen molar-refractivity contribution in [1.82, 2.24) is 19.5 Å². The van der Waals surface area contributed by atoms with Gasteiger partial charge in [-0.25, -0.2) is 9.97 Å². The van der Waals surface area contributed by atoms with Crippen LogP contribution in [0.25, 0.3) is 11.0 Å². The van der Waals surface area contributed by atoms with Crippen LogP contribution in [0.3, 0.4) is 0 Å². The maximum atomic E-state index is 13.4. The van der Waals surface area contributed by atoms with Gasteiger partial charge in [0, 0.05) is 17.6 Å². The number of aryl methyl sites for hydroxylation is 1. The fourth-order valence-corrected chi connectivity index (χ4v) is 5.22. The lowest BCUT2D eigenvalue weighted by Crippen LogP contribution is -2.53. The molecule has 0 amide bonds. The number of carbonyl (C=O) groups excluding carboxylic acids is 1. The van der Waals surface area contributed by atoms with E-state index in [1.807, 2.05) is 12.1 Å². The quantitative estimate of drug-likeness (QED) is 0.338. The van der Waals surface area contributed by atoms with Gasteiger partial charge in [0.15, 0.2) is 5.78 Å². The van der Waals surface area contributed by atoms with E-state index in [0.717, 1.165) is 31.4 Å². The molecule has 3 aromatic heterocycles. The van der Waals surface area contributed by atoms with Crippen molar-refractivity contribution in [3.05, 3.63) is 51.2 Å². The zero-order chi connectivity index (χ0) is 24.7. The Hall–Kier alpha value is -3.37. The number of ketones is 1. The van der Waals surface area contributed by atoms with Gasteiger partial charge in [0.1, 0.15) is 11.5 Å². The molecule has 0 unspecified atom stereocenters. The van der Waals surface area contributed by atoms with Crippen molar-refractivity contribution in [2.24, 2.45) is 0 Å². The van der Waals surface area contributed by atoms with Crippen molar-refractivity contribution in [2.45, 2.75) is 45.6 Å². The molecule has 2 aliphatic rings. The highest BCUT2D eigenvalue weighted by molar-refractivity contribution is 5.99. The number of likely N-dealkylation sites (N-methyl/N-ethyl adjacent to an activating group) is 1. The van der Waals surface area contributed by atoms with Gasteiger partial charge in [-0.1, -0.05) is 12.8 Å². The third kappa shape index (κ3) is 4.51. The minimum absolute atomic E-state index is 0.0306. The van der Waals surface area contributed by atoms with E-state index in [0.29, 0.717) is 54.5 Å². The standard InChI is InChI=1S/C25H31N7O3/c1-16-20-15-27-25(28-21-9-8-19(14-26-21)30-10-12-32(3,35)13-11-30)29-23(20)31(18-6-4-5-7-18)24(34)22(16)17(2)33/h8-9,14-15,18H,4-7,10-13H2,1-3H3,(H,26,27,28,29). The summed E-state index contributed by atoms with van der Waals surface area (Å²) in [5.74, 6) is 0.692. The third-order valence-corrected chi connectivity index (χ3v) is 7.29. The second-order valence-electron chi connectivity index (χ2n) is 9.86. The lowest BCUT2D eigenvalue weighted by Gasteiger charge is -2.45. The maximum Gasteiger partial charge on any atom is 0.263 e. The predicted octanol–water partition coefficient (Wildman–Crippen LogP) is 3.32. The first kappa shape index (κ1) is 23.4. The fourth-order valence-electron chi connectivity index (χ4n) is 5.22. The maximum absolute atomic E-state index is 13.4. The molecule has 2 fully saturated rings. The number of anilines is 3. The number of hydrogen-bond donors (Lipinski definition) is 1. The van der Waals surface area contributed by atoms with Crippen LogP contribution in [0.1, 0.15) is 54.6 Å². The van der Waals surface area contributed by atoms with E-state index in [4.69, 9.17) is 4.98 Å². The predicted molar refractivity (Wildman–Crippen MR) is 135 cm³/mol. The average Bonchev–Trinajstić information content (AvgIpc) is 3.34. The Morgan fingerprint density at radius 1 is 1.14 bits per heavy atom. The summed E-state index contributed by atoms with van der Waals surface area (Å²) in [6.45, 7) is 5.72. The van der Waals surface area contributed by atoms with E-state index in [9.17, 15) is 14.8 Å². The number of carbonyl (C=O) groups is 1. The summed E-state index contributed by atoms with van der Waals surface area (Å²) in [5.41, 5.74) is 2.09. The van der Waals surface area contributed by atoms with E-state index in [1.54, 1.807) is 30.9 Å². The summed E-state index contributed by atoms with van der Waals surface area (Å²) < 4.78 is 1.50. The van der Waals surface area contributed by atoms with Crippen molar-refractivity contribution in [2.75, 3.05) is 43.4 Å². The Bertz CT molecular complexity index is 1320. The molecule has 1 saturated heterocycles. The molecular weight excluding hydrogens is 446 g/mol. The molecule has 0 atom stereocenters. The number of hydrogen-bond acceptors (Lipinski definition) is 8. The molecule has 35 heavy (non-hydrogen) atoms. The number of rotatable bonds is 5. The Balaban J connectivity index is 1.46. The molecule has 0 spiro atoms. The van der Waals surface area contributed by atoms with Gasteiger partial charge in [0.2, 0.25) is 5.95 Å². The zero-order valence-corrected chi connectivity index (χ0v) is 20.5. The fraction of sp³-hybridized carbons (Fsp3) is 0.480. The molecule has 0 bridgehead atoms. The Kier molecular flexibility index (Phi) is 6.02. The monoisotopic (exact) mass is 477 g/mol. The van der Waals surface area contributed by atoms with Crippen LogP contribution in [0.2, 0.25) is 0 Å². The van der Waals surface area contributed by atoms with Crippen LogP contribution in [-0.4, -0.2) is 63.2 Å². The number of quaternary nitrogens is 1. The molecule has 5 rings (SSSR count). The van der Waals surface area contributed by atoms with Crippen LogP contribution in [0.15, 0.2) is 29.3 Å². The van der Waals surface area contributed by atoms with Gasteiger partial charge < -0.3 is 20.1 Å². The van der Waals surface area contributed by atoms with Crippen molar-refractivity contribution in [3.63, 3.8) is 0 Å². The second kappa shape index (κ2) is 9.01. The molecule has 0 aromatic carbocycles. The largest absolute Gasteiger partial charge is 0.633 e. The normalized spacial score (nSPS) is 18.2. The van der Waals surface area contributed by atoms with Gasteiger partial charge >= 0.3 is 0 Å². The average molecular weight is 478 g/mol. The minimum Gasteiger partial charge on any atom is -0.633 e. The van der Waals surface area contributed by atoms with Gasteiger partial charge in [0.25, 0.3) is 5.56 Å². The summed E-state index contributed by atoms with van der Waals surface area (Å²) >= 11 is 0. The first-order valence-corrected chi connectivity index (χ1v) is 12.2. The van der Waals surface area contributed by atoms with E-state index >= 15 is 0 Å². The van der Waals surface area contributed by atoms with Gasteiger partial charge in [-0.2, -0.15) is 4.98 Å². The summed E-state index contributed by atoms with van der Waals surface area (Å²) in [7, 11) is 1.71. The lowest BCUT2D eigenvalue weighted by molar-refractivity contribution is -0.861. The molecule has 1 aliphatic carbocycles. The van der Waals surface area contributed by atoms with Gasteiger partial charge in [0.05, 0.1) is 50.7 Å². The van der Waals surface area contributed by atoms with E-state index in [1.165, 1.54) is 6.92 Å². The van der Waals surface area contributed by atoms with E-state index < -0.39 is 0 Å². The van der Waals surface area contributed by atoms with E-state index in [-0.39, 0.29) is 27.6 Å². The number of nitrogens with zero attached hydrogens (tertiary/aromatic N) is 6. The minimum atomic E-state index is -0.268. The summed E-state index contributed by atoms with van der Waals surface area (Å²) in [6.07, 6.45) is 7.36. The number of hydroxylamine groups is 3. The van der Waals surface area contributed by atoms with Crippen molar-refractivity contribution in [1.29, 1.82) is 0 Å². The number of pyridine rings is 2. The molecule has 3 aromatic rings. The first-order valence-electron chi connectivity index (χ1n) is 12.2. The topological polar surface area (TPSA) is 116 Å². The summed E-state index contributed by atoms with van der Waals surface area (Å²) in [5, 5.41) is 15.9. The van der Waals surface area contributed by atoms with Crippen LogP contribution >= 0.6 is 0 Å². The van der Waals surface area contributed by atoms with E-state index in [2.05, 4.69) is 20.2 Å². The van der Waals surface area contributed by atoms with Crippen molar-refractivity contribution < 1.29 is 9.44 Å². The Labute approximate surface area is 203 Å². The SMILES string of the molecule is CC(=O)c1c(C)c2cnc(Nc3ccc(N4CC[N+](C)([O-])CC4)cn3)nc2n(C2CCCC2)c1=O. The highest BCUT2D eigenvalue weighted by atomic mass is 16.5. The van der Waals surface area contributed by atoms with Crippen molar-refractivity contribution in [3.8, 4) is 0 Å². The number of nitrogens with one attached hydrogen (secondary N) is 1. The Morgan fingerprint density at radius 2 is 1.86 bits per heavy atom. The number of Topliss-reactive ketones (excluding diaryl/α,β-unsaturated/α-hetero) is 1. The highest BCUT2D eigenvalue weighted by Crippen LogP contribution is 2.32. The summed E-state index contributed by atoms with van der Waals surface area (Å²) in [4.78, 5) is 41.5.